The van der Waals surface area contributed by atoms with Gasteiger partial charge >= 0.3 is 13.1 Å². The van der Waals surface area contributed by atoms with Gasteiger partial charge in [-0.3, -0.25) is 14.8 Å². The minimum Gasteiger partial charge on any atom is -0.481 e. The fraction of sp³-hybridized carbons (Fsp3) is 0.462. The average Bonchev–Trinajstić information content (AvgIpc) is 2.44. The summed E-state index contributed by atoms with van der Waals surface area (Å²) < 4.78 is 6.05. The van der Waals surface area contributed by atoms with E-state index in [0.717, 1.165) is 4.73 Å². The van der Waals surface area contributed by atoms with E-state index in [2.05, 4.69) is 5.32 Å². The number of hydrogen-bond donors (Lipinski definition) is 4. The van der Waals surface area contributed by atoms with Gasteiger partial charge in [-0.15, -0.1) is 0 Å². The highest BCUT2D eigenvalue weighted by molar-refractivity contribution is 6.45. The monoisotopic (exact) mass is 309 g/mol. The third-order valence-electron chi connectivity index (χ3n) is 3.49. The third kappa shape index (κ3) is 4.44. The molecule has 2 unspecified atom stereocenters. The number of carboxylic acids is 1. The van der Waals surface area contributed by atoms with Gasteiger partial charge in [-0.25, -0.2) is 0 Å². The van der Waals surface area contributed by atoms with Gasteiger partial charge < -0.3 is 20.1 Å². The summed E-state index contributed by atoms with van der Waals surface area (Å²) in [5.41, 5.74) is 0.412. The second-order valence-electron chi connectivity index (χ2n) is 5.21. The summed E-state index contributed by atoms with van der Waals surface area (Å²) in [6, 6.07) is 4.93. The molecule has 0 aromatic carbocycles. The Balaban J connectivity index is 1.85. The summed E-state index contributed by atoms with van der Waals surface area (Å²) in [5.74, 6) is -1.94. The lowest BCUT2D eigenvalue weighted by molar-refractivity contribution is -0.909. The van der Waals surface area contributed by atoms with E-state index in [1.807, 2.05) is 0 Å². The molecule has 118 valence electrons. The van der Waals surface area contributed by atoms with Crippen LogP contribution < -0.4 is 10.0 Å². The Morgan fingerprint density at radius 2 is 2.18 bits per heavy atom. The van der Waals surface area contributed by atoms with Gasteiger partial charge in [0.15, 0.2) is 0 Å². The summed E-state index contributed by atoms with van der Waals surface area (Å²) in [6.07, 6.45) is 1.52. The van der Waals surface area contributed by atoms with Gasteiger partial charge in [0.05, 0.1) is 18.5 Å². The molecule has 2 atom stereocenters. The van der Waals surface area contributed by atoms with E-state index in [4.69, 9.17) is 9.76 Å². The van der Waals surface area contributed by atoms with Crippen LogP contribution in [0.2, 0.25) is 0 Å². The van der Waals surface area contributed by atoms with E-state index in [1.54, 1.807) is 18.2 Å². The predicted octanol–water partition coefficient (Wildman–Crippen LogP) is -1.09. The molecule has 1 aliphatic heterocycles. The Labute approximate surface area is 127 Å². The van der Waals surface area contributed by atoms with Crippen molar-refractivity contribution in [2.24, 2.45) is 0 Å². The van der Waals surface area contributed by atoms with Crippen molar-refractivity contribution in [3.63, 3.8) is 0 Å². The molecule has 0 spiro atoms. The molecule has 1 amide bonds. The van der Waals surface area contributed by atoms with Crippen molar-refractivity contribution in [2.75, 3.05) is 0 Å². The summed E-state index contributed by atoms with van der Waals surface area (Å²) in [5, 5.41) is 30.7. The van der Waals surface area contributed by atoms with Gasteiger partial charge in [-0.1, -0.05) is 0 Å². The van der Waals surface area contributed by atoms with Crippen molar-refractivity contribution < 1.29 is 34.3 Å². The number of nitrogens with zero attached hydrogens (tertiary/aromatic N) is 1. The van der Waals surface area contributed by atoms with Crippen LogP contribution in [0.15, 0.2) is 24.4 Å². The predicted molar refractivity (Wildman–Crippen MR) is 73.8 cm³/mol. The Hall–Kier alpha value is -2.13. The highest BCUT2D eigenvalue weighted by Gasteiger charge is 2.36. The van der Waals surface area contributed by atoms with Gasteiger partial charge in [0, 0.05) is 16.9 Å². The number of carboxylic acid groups (broad SMARTS) is 1. The van der Waals surface area contributed by atoms with Crippen LogP contribution in [0.25, 0.3) is 0 Å². The van der Waals surface area contributed by atoms with Crippen molar-refractivity contribution in [3.05, 3.63) is 30.1 Å². The smallest absolute Gasteiger partial charge is 0.478 e. The molecule has 2 heterocycles. The first kappa shape index (κ1) is 16.2. The Morgan fingerprint density at radius 3 is 2.82 bits per heavy atom. The van der Waals surface area contributed by atoms with E-state index in [9.17, 15) is 19.8 Å². The maximum Gasteiger partial charge on any atom is 0.478 e. The molecule has 0 aliphatic carbocycles. The average molecular weight is 309 g/mol. The number of aromatic nitrogens is 1. The molecular weight excluding hydrogens is 291 g/mol. The van der Waals surface area contributed by atoms with Crippen LogP contribution in [0, 0.1) is 0 Å². The van der Waals surface area contributed by atoms with Gasteiger partial charge in [0.1, 0.15) is 6.42 Å². The second-order valence-corrected chi connectivity index (χ2v) is 5.21. The topological polar surface area (TPSA) is 120 Å². The highest BCUT2D eigenvalue weighted by atomic mass is 16.5. The van der Waals surface area contributed by atoms with Crippen molar-refractivity contribution in [1.29, 1.82) is 0 Å². The molecular formula is C13H18BN2O6+. The third-order valence-corrected chi connectivity index (χ3v) is 3.49. The Morgan fingerprint density at radius 1 is 1.41 bits per heavy atom. The minimum atomic E-state index is -1.24. The zero-order valence-electron chi connectivity index (χ0n) is 11.9. The maximum absolute atomic E-state index is 11.9. The van der Waals surface area contributed by atoms with Crippen LogP contribution >= 0.6 is 0 Å². The number of nitrogens with one attached hydrogen (secondary N) is 1. The molecule has 4 N–H and O–H groups in total. The normalized spacial score (nSPS) is 21.4. The Kier molecular flexibility index (Phi) is 5.34. The molecule has 1 aromatic rings. The van der Waals surface area contributed by atoms with E-state index in [1.165, 1.54) is 6.20 Å². The standard InChI is InChI=1S/C13H17BN2O6/c17-12(7-9-3-1-2-6-16(9)21)15-11-5-4-10(8-13(18)19)22-14(11)20/h1-3,6,10-11,20H,4-5,7-8H2,(H2-,15,17,18,19,21)/p+1. The van der Waals surface area contributed by atoms with Crippen LogP contribution in [-0.2, 0) is 20.7 Å². The van der Waals surface area contributed by atoms with Crippen molar-refractivity contribution in [2.45, 2.75) is 37.7 Å². The molecule has 1 aromatic heterocycles. The maximum atomic E-state index is 11.9. The minimum absolute atomic E-state index is 0.0425. The van der Waals surface area contributed by atoms with Gasteiger partial charge in [0.2, 0.25) is 17.8 Å². The van der Waals surface area contributed by atoms with Crippen LogP contribution in [0.5, 0.6) is 0 Å². The fourth-order valence-corrected chi connectivity index (χ4v) is 2.39. The number of amides is 1. The molecule has 9 heteroatoms. The van der Waals surface area contributed by atoms with Crippen molar-refractivity contribution in [3.8, 4) is 0 Å². The molecule has 22 heavy (non-hydrogen) atoms. The number of carbonyl (C=O) groups excluding carboxylic acids is 1. The summed E-state index contributed by atoms with van der Waals surface area (Å²) in [6.45, 7) is 0. The fourth-order valence-electron chi connectivity index (χ4n) is 2.39. The molecule has 1 fully saturated rings. The SMILES string of the molecule is O=C(O)CC1CCC(NC(=O)Cc2cccc[n+]2O)B(O)O1. The molecule has 8 nitrogen and oxygen atoms in total. The number of rotatable bonds is 5. The van der Waals surface area contributed by atoms with Gasteiger partial charge in [-0.05, 0) is 18.9 Å². The molecule has 0 saturated carbocycles. The molecule has 2 rings (SSSR count). The van der Waals surface area contributed by atoms with Crippen LogP contribution in [0.1, 0.15) is 25.0 Å². The van der Waals surface area contributed by atoms with Crippen molar-refractivity contribution in [1.82, 2.24) is 5.32 Å². The first-order chi connectivity index (χ1) is 10.5. The lowest BCUT2D eigenvalue weighted by atomic mass is 9.72. The van der Waals surface area contributed by atoms with E-state index in [-0.39, 0.29) is 18.7 Å². The van der Waals surface area contributed by atoms with Crippen LogP contribution in [0.4, 0.5) is 0 Å². The largest absolute Gasteiger partial charge is 0.481 e. The summed E-state index contributed by atoms with van der Waals surface area (Å²) in [7, 11) is -1.24. The second kappa shape index (κ2) is 7.23. The van der Waals surface area contributed by atoms with E-state index < -0.39 is 25.1 Å². The van der Waals surface area contributed by atoms with Gasteiger partial charge in [-0.2, -0.15) is 0 Å². The number of pyridine rings is 1. The first-order valence-electron chi connectivity index (χ1n) is 6.99. The zero-order chi connectivity index (χ0) is 16.1. The lowest BCUT2D eigenvalue weighted by Crippen LogP contribution is -2.53. The van der Waals surface area contributed by atoms with E-state index in [0.29, 0.717) is 18.5 Å². The molecule has 0 bridgehead atoms. The zero-order valence-corrected chi connectivity index (χ0v) is 11.9. The molecule has 1 saturated heterocycles. The van der Waals surface area contributed by atoms with Crippen molar-refractivity contribution >= 4 is 19.0 Å². The number of carbonyl (C=O) groups is 2. The quantitative estimate of drug-likeness (QED) is 0.312. The summed E-state index contributed by atoms with van der Waals surface area (Å²) in [4.78, 5) is 22.6. The highest BCUT2D eigenvalue weighted by Crippen LogP contribution is 2.18. The van der Waals surface area contributed by atoms with E-state index >= 15 is 0 Å². The molecule has 0 radical (unpaired) electrons. The van der Waals surface area contributed by atoms with Crippen LogP contribution in [0.3, 0.4) is 0 Å². The first-order valence-corrected chi connectivity index (χ1v) is 6.99. The number of hydrogen-bond acceptors (Lipinski definition) is 5. The molecule has 1 aliphatic rings. The lowest BCUT2D eigenvalue weighted by Gasteiger charge is -2.30. The van der Waals surface area contributed by atoms with Crippen LogP contribution in [-0.4, -0.2) is 46.4 Å². The summed E-state index contributed by atoms with van der Waals surface area (Å²) >= 11 is 0. The Bertz CT molecular complexity index is 555. The van der Waals surface area contributed by atoms with Gasteiger partial charge in [0.25, 0.3) is 0 Å². The number of aliphatic carboxylic acids is 1.